The van der Waals surface area contributed by atoms with Gasteiger partial charge < -0.3 is 10.6 Å². The lowest BCUT2D eigenvalue weighted by atomic mass is 10.0. The van der Waals surface area contributed by atoms with E-state index in [0.717, 1.165) is 40.4 Å². The SMILES string of the molecule is CNC[C@@H]1CCS[C@H](c2cccc(-c3ccc(Cl)cc3)c2)C(=O)N1. The van der Waals surface area contributed by atoms with E-state index in [0.29, 0.717) is 0 Å². The predicted octanol–water partition coefficient (Wildman–Crippen LogP) is 3.89. The molecule has 0 aromatic heterocycles. The fourth-order valence-electron chi connectivity index (χ4n) is 2.92. The summed E-state index contributed by atoms with van der Waals surface area (Å²) in [7, 11) is 1.91. The molecule has 0 unspecified atom stereocenters. The Morgan fingerprint density at radius 3 is 2.75 bits per heavy atom. The highest BCUT2D eigenvalue weighted by molar-refractivity contribution is 8.00. The fourth-order valence-corrected chi connectivity index (χ4v) is 4.26. The number of rotatable bonds is 4. The van der Waals surface area contributed by atoms with Crippen LogP contribution < -0.4 is 10.6 Å². The third-order valence-electron chi connectivity index (χ3n) is 4.15. The average molecular weight is 361 g/mol. The Balaban J connectivity index is 1.83. The molecular formula is C19H21ClN2OS. The third-order valence-corrected chi connectivity index (χ3v) is 5.70. The maximum atomic E-state index is 12.6. The van der Waals surface area contributed by atoms with Crippen molar-refractivity contribution in [1.29, 1.82) is 0 Å². The van der Waals surface area contributed by atoms with Crippen LogP contribution in [0.4, 0.5) is 0 Å². The smallest absolute Gasteiger partial charge is 0.237 e. The van der Waals surface area contributed by atoms with Crippen LogP contribution >= 0.6 is 23.4 Å². The number of nitrogens with one attached hydrogen (secondary N) is 2. The van der Waals surface area contributed by atoms with Gasteiger partial charge in [-0.3, -0.25) is 4.79 Å². The number of likely N-dealkylation sites (N-methyl/N-ethyl adjacent to an activating group) is 1. The second-order valence-electron chi connectivity index (χ2n) is 5.94. The lowest BCUT2D eigenvalue weighted by Crippen LogP contribution is -2.41. The van der Waals surface area contributed by atoms with Gasteiger partial charge in [-0.2, -0.15) is 0 Å². The van der Waals surface area contributed by atoms with E-state index < -0.39 is 0 Å². The third kappa shape index (κ3) is 4.12. The maximum Gasteiger partial charge on any atom is 0.237 e. The standard InChI is InChI=1S/C19H21ClN2OS/c1-21-12-17-9-10-24-18(19(23)22-17)15-4-2-3-14(11-15)13-5-7-16(20)8-6-13/h2-8,11,17-18,21H,9-10,12H2,1H3,(H,22,23)/t17-,18+/m0/s1. The highest BCUT2D eigenvalue weighted by Crippen LogP contribution is 2.34. The zero-order valence-electron chi connectivity index (χ0n) is 13.6. The Morgan fingerprint density at radius 2 is 2.00 bits per heavy atom. The summed E-state index contributed by atoms with van der Waals surface area (Å²) >= 11 is 7.69. The number of amides is 1. The van der Waals surface area contributed by atoms with Crippen LogP contribution in [-0.2, 0) is 4.79 Å². The normalized spacial score (nSPS) is 21.2. The molecule has 0 radical (unpaired) electrons. The molecule has 2 atom stereocenters. The van der Waals surface area contributed by atoms with Crippen molar-refractivity contribution in [1.82, 2.24) is 10.6 Å². The maximum absolute atomic E-state index is 12.6. The van der Waals surface area contributed by atoms with Crippen LogP contribution in [0.5, 0.6) is 0 Å². The zero-order chi connectivity index (χ0) is 16.9. The van der Waals surface area contributed by atoms with Crippen LogP contribution in [0.15, 0.2) is 48.5 Å². The Kier molecular flexibility index (Phi) is 5.82. The molecule has 1 aliphatic heterocycles. The van der Waals surface area contributed by atoms with Gasteiger partial charge in [-0.25, -0.2) is 0 Å². The molecule has 126 valence electrons. The van der Waals surface area contributed by atoms with Gasteiger partial charge in [0, 0.05) is 17.6 Å². The van der Waals surface area contributed by atoms with Crippen LogP contribution in [0.3, 0.4) is 0 Å². The molecule has 1 amide bonds. The Morgan fingerprint density at radius 1 is 1.21 bits per heavy atom. The number of hydrogen-bond acceptors (Lipinski definition) is 3. The highest BCUT2D eigenvalue weighted by atomic mass is 35.5. The van der Waals surface area contributed by atoms with Gasteiger partial charge in [0.25, 0.3) is 0 Å². The van der Waals surface area contributed by atoms with Gasteiger partial charge >= 0.3 is 0 Å². The van der Waals surface area contributed by atoms with Crippen molar-refractivity contribution in [3.05, 3.63) is 59.1 Å². The first kappa shape index (κ1) is 17.3. The Hall–Kier alpha value is -1.49. The van der Waals surface area contributed by atoms with Crippen molar-refractivity contribution in [2.45, 2.75) is 17.7 Å². The van der Waals surface area contributed by atoms with Gasteiger partial charge in [0.2, 0.25) is 5.91 Å². The van der Waals surface area contributed by atoms with Gasteiger partial charge in [0.15, 0.2) is 0 Å². The second-order valence-corrected chi connectivity index (χ2v) is 7.58. The van der Waals surface area contributed by atoms with Crippen LogP contribution in [0.1, 0.15) is 17.2 Å². The minimum atomic E-state index is -0.154. The van der Waals surface area contributed by atoms with E-state index in [1.165, 1.54) is 0 Å². The number of carbonyl (C=O) groups excluding carboxylic acids is 1. The van der Waals surface area contributed by atoms with Crippen molar-refractivity contribution >= 4 is 29.3 Å². The van der Waals surface area contributed by atoms with Crippen molar-refractivity contribution in [2.75, 3.05) is 19.3 Å². The fraction of sp³-hybridized carbons (Fsp3) is 0.316. The molecule has 1 fully saturated rings. The quantitative estimate of drug-likeness (QED) is 0.869. The Labute approximate surface area is 152 Å². The minimum absolute atomic E-state index is 0.103. The number of hydrogen-bond donors (Lipinski definition) is 2. The molecule has 2 aromatic carbocycles. The number of thioether (sulfide) groups is 1. The monoisotopic (exact) mass is 360 g/mol. The molecule has 5 heteroatoms. The number of benzene rings is 2. The molecule has 3 rings (SSSR count). The Bertz CT molecular complexity index is 705. The summed E-state index contributed by atoms with van der Waals surface area (Å²) in [5.41, 5.74) is 3.26. The molecule has 3 nitrogen and oxygen atoms in total. The van der Waals surface area contributed by atoms with Gasteiger partial charge in [0.05, 0.1) is 0 Å². The van der Waals surface area contributed by atoms with E-state index in [1.807, 2.05) is 43.4 Å². The summed E-state index contributed by atoms with van der Waals surface area (Å²) in [5, 5.41) is 6.87. The number of carbonyl (C=O) groups is 1. The van der Waals surface area contributed by atoms with Crippen molar-refractivity contribution in [2.24, 2.45) is 0 Å². The largest absolute Gasteiger partial charge is 0.351 e. The lowest BCUT2D eigenvalue weighted by molar-refractivity contribution is -0.121. The molecule has 0 bridgehead atoms. The van der Waals surface area contributed by atoms with Crippen LogP contribution in [-0.4, -0.2) is 31.3 Å². The van der Waals surface area contributed by atoms with Gasteiger partial charge in [-0.1, -0.05) is 41.9 Å². The van der Waals surface area contributed by atoms with E-state index in [4.69, 9.17) is 11.6 Å². The molecule has 1 saturated heterocycles. The van der Waals surface area contributed by atoms with E-state index in [-0.39, 0.29) is 17.2 Å². The highest BCUT2D eigenvalue weighted by Gasteiger charge is 2.27. The van der Waals surface area contributed by atoms with Crippen molar-refractivity contribution in [3.63, 3.8) is 0 Å². The minimum Gasteiger partial charge on any atom is -0.351 e. The molecule has 24 heavy (non-hydrogen) atoms. The molecule has 1 heterocycles. The lowest BCUT2D eigenvalue weighted by Gasteiger charge is -2.17. The summed E-state index contributed by atoms with van der Waals surface area (Å²) in [6.45, 7) is 0.809. The van der Waals surface area contributed by atoms with Crippen molar-refractivity contribution in [3.8, 4) is 11.1 Å². The summed E-state index contributed by atoms with van der Waals surface area (Å²) in [5.74, 6) is 1.08. The van der Waals surface area contributed by atoms with Gasteiger partial charge in [0.1, 0.15) is 5.25 Å². The summed E-state index contributed by atoms with van der Waals surface area (Å²) in [4.78, 5) is 12.6. The molecule has 1 aliphatic rings. The van der Waals surface area contributed by atoms with E-state index in [9.17, 15) is 4.79 Å². The average Bonchev–Trinajstić information content (AvgIpc) is 2.77. The first-order valence-corrected chi connectivity index (χ1v) is 9.52. The van der Waals surface area contributed by atoms with E-state index in [1.54, 1.807) is 11.8 Å². The van der Waals surface area contributed by atoms with E-state index in [2.05, 4.69) is 22.8 Å². The first-order valence-electron chi connectivity index (χ1n) is 8.10. The first-order chi connectivity index (χ1) is 11.7. The summed E-state index contributed by atoms with van der Waals surface area (Å²) in [6.07, 6.45) is 0.991. The van der Waals surface area contributed by atoms with Crippen LogP contribution in [0.25, 0.3) is 11.1 Å². The van der Waals surface area contributed by atoms with E-state index >= 15 is 0 Å². The molecule has 0 aliphatic carbocycles. The molecule has 0 saturated carbocycles. The molecular weight excluding hydrogens is 340 g/mol. The molecule has 0 spiro atoms. The molecule has 2 aromatic rings. The topological polar surface area (TPSA) is 41.1 Å². The second kappa shape index (κ2) is 8.06. The van der Waals surface area contributed by atoms with Gasteiger partial charge in [-0.05, 0) is 54.1 Å². The summed E-state index contributed by atoms with van der Waals surface area (Å²) in [6, 6.07) is 16.2. The van der Waals surface area contributed by atoms with Crippen LogP contribution in [0.2, 0.25) is 5.02 Å². The molecule has 2 N–H and O–H groups in total. The number of halogens is 1. The van der Waals surface area contributed by atoms with Crippen molar-refractivity contribution < 1.29 is 4.79 Å². The predicted molar refractivity (Wildman–Crippen MR) is 103 cm³/mol. The van der Waals surface area contributed by atoms with Crippen LogP contribution in [0, 0.1) is 0 Å². The summed E-state index contributed by atoms with van der Waals surface area (Å²) < 4.78 is 0. The zero-order valence-corrected chi connectivity index (χ0v) is 15.2. The van der Waals surface area contributed by atoms with Gasteiger partial charge in [-0.15, -0.1) is 11.8 Å².